The van der Waals surface area contributed by atoms with Crippen LogP contribution in [0.25, 0.3) is 6.08 Å². The molecule has 0 amide bonds. The molecule has 0 fully saturated rings. The smallest absolute Gasteiger partial charge is 0.196 e. The number of rotatable bonds is 4. The van der Waals surface area contributed by atoms with Crippen molar-refractivity contribution in [1.82, 2.24) is 0 Å². The van der Waals surface area contributed by atoms with E-state index in [-0.39, 0.29) is 5.78 Å². The number of hydrogen-bond donors (Lipinski definition) is 1. The van der Waals surface area contributed by atoms with Crippen molar-refractivity contribution in [3.8, 4) is 5.75 Å². The fourth-order valence-electron chi connectivity index (χ4n) is 3.87. The summed E-state index contributed by atoms with van der Waals surface area (Å²) in [5.41, 5.74) is 5.67. The first kappa shape index (κ1) is 18.9. The van der Waals surface area contributed by atoms with Crippen LogP contribution in [0.3, 0.4) is 0 Å². The van der Waals surface area contributed by atoms with Crippen molar-refractivity contribution in [2.75, 3.05) is 0 Å². The number of ketones is 1. The van der Waals surface area contributed by atoms with Gasteiger partial charge in [0.05, 0.1) is 4.88 Å². The molecule has 0 aliphatic heterocycles. The van der Waals surface area contributed by atoms with E-state index >= 15 is 0 Å². The first-order chi connectivity index (χ1) is 12.2. The van der Waals surface area contributed by atoms with E-state index in [9.17, 15) is 9.90 Å². The Bertz CT molecular complexity index is 861. The molecule has 1 aliphatic rings. The van der Waals surface area contributed by atoms with Crippen molar-refractivity contribution in [3.05, 3.63) is 55.8 Å². The largest absolute Gasteiger partial charge is 0.507 e. The number of hydrogen-bond acceptors (Lipinski definition) is 3. The molecule has 1 N–H and O–H groups in total. The first-order valence-corrected chi connectivity index (χ1v) is 10.2. The number of phenolic OH excluding ortho intramolecular Hbond substituents is 1. The standard InChI is InChI=1S/C23H28O2S/c1-6-20-18-13-23(4,5)10-9-17(18)22(26-20)19(24)8-7-16-11-14(2)21(25)15(3)12-16/h7-8,11-12,25H,6,9-10,13H2,1-5H3/b8-7+. The molecule has 1 aromatic carbocycles. The second-order valence-corrected chi connectivity index (χ2v) is 9.31. The Kier molecular flexibility index (Phi) is 5.12. The highest BCUT2D eigenvalue weighted by Crippen LogP contribution is 2.42. The minimum absolute atomic E-state index is 0.106. The maximum Gasteiger partial charge on any atom is 0.196 e. The normalized spacial score (nSPS) is 16.0. The van der Waals surface area contributed by atoms with Gasteiger partial charge in [-0.05, 0) is 91.0 Å². The number of carbonyl (C=O) groups is 1. The highest BCUT2D eigenvalue weighted by Gasteiger charge is 2.31. The van der Waals surface area contributed by atoms with Gasteiger partial charge in [0, 0.05) is 4.88 Å². The predicted octanol–water partition coefficient (Wildman–Crippen LogP) is 6.04. The zero-order valence-electron chi connectivity index (χ0n) is 16.4. The van der Waals surface area contributed by atoms with E-state index in [1.165, 1.54) is 16.0 Å². The monoisotopic (exact) mass is 368 g/mol. The van der Waals surface area contributed by atoms with Crippen LogP contribution in [-0.2, 0) is 19.3 Å². The minimum atomic E-state index is 0.106. The minimum Gasteiger partial charge on any atom is -0.507 e. The Morgan fingerprint density at radius 2 is 1.88 bits per heavy atom. The Hall–Kier alpha value is -1.87. The molecule has 26 heavy (non-hydrogen) atoms. The zero-order chi connectivity index (χ0) is 19.1. The fourth-order valence-corrected chi connectivity index (χ4v) is 5.10. The summed E-state index contributed by atoms with van der Waals surface area (Å²) in [7, 11) is 0. The van der Waals surface area contributed by atoms with Gasteiger partial charge in [-0.1, -0.05) is 26.8 Å². The van der Waals surface area contributed by atoms with Crippen LogP contribution in [-0.4, -0.2) is 10.9 Å². The summed E-state index contributed by atoms with van der Waals surface area (Å²) in [5.74, 6) is 0.435. The topological polar surface area (TPSA) is 37.3 Å². The third kappa shape index (κ3) is 3.64. The number of thiophene rings is 1. The molecule has 0 spiro atoms. The van der Waals surface area contributed by atoms with E-state index < -0.39 is 0 Å². The molecule has 0 saturated heterocycles. The van der Waals surface area contributed by atoms with Crippen LogP contribution in [0.5, 0.6) is 5.75 Å². The van der Waals surface area contributed by atoms with Crippen LogP contribution in [0.2, 0.25) is 0 Å². The molecule has 0 bridgehead atoms. The summed E-state index contributed by atoms with van der Waals surface area (Å²) >= 11 is 1.69. The molecule has 3 rings (SSSR count). The van der Waals surface area contributed by atoms with Gasteiger partial charge >= 0.3 is 0 Å². The Morgan fingerprint density at radius 1 is 1.23 bits per heavy atom. The van der Waals surface area contributed by atoms with Gasteiger partial charge in [0.25, 0.3) is 0 Å². The highest BCUT2D eigenvalue weighted by molar-refractivity contribution is 7.14. The SMILES string of the molecule is CCc1sc(C(=O)/C=C/c2cc(C)c(O)c(C)c2)c2c1CC(C)(C)CC2. The molecular weight excluding hydrogens is 340 g/mol. The zero-order valence-corrected chi connectivity index (χ0v) is 17.2. The number of carbonyl (C=O) groups excluding carboxylic acids is 1. The summed E-state index contributed by atoms with van der Waals surface area (Å²) in [6, 6.07) is 3.83. The third-order valence-electron chi connectivity index (χ3n) is 5.39. The molecule has 1 heterocycles. The number of benzene rings is 1. The van der Waals surface area contributed by atoms with E-state index in [4.69, 9.17) is 0 Å². The van der Waals surface area contributed by atoms with Crippen LogP contribution >= 0.6 is 11.3 Å². The molecule has 0 saturated carbocycles. The lowest BCUT2D eigenvalue weighted by Gasteiger charge is -2.30. The van der Waals surface area contributed by atoms with Gasteiger partial charge in [-0.2, -0.15) is 0 Å². The van der Waals surface area contributed by atoms with Crippen molar-refractivity contribution >= 4 is 23.2 Å². The summed E-state index contributed by atoms with van der Waals surface area (Å²) in [6.07, 6.45) is 7.78. The van der Waals surface area contributed by atoms with Gasteiger partial charge in [-0.15, -0.1) is 11.3 Å². The second kappa shape index (κ2) is 7.03. The van der Waals surface area contributed by atoms with E-state index in [1.807, 2.05) is 32.1 Å². The van der Waals surface area contributed by atoms with E-state index in [1.54, 1.807) is 17.4 Å². The number of phenols is 1. The van der Waals surface area contributed by atoms with Crippen molar-refractivity contribution in [1.29, 1.82) is 0 Å². The van der Waals surface area contributed by atoms with Gasteiger partial charge in [0.2, 0.25) is 0 Å². The Balaban J connectivity index is 1.91. The summed E-state index contributed by atoms with van der Waals surface area (Å²) < 4.78 is 0. The average Bonchev–Trinajstić information content (AvgIpc) is 2.94. The molecule has 3 heteroatoms. The van der Waals surface area contributed by atoms with Crippen LogP contribution in [0, 0.1) is 19.3 Å². The van der Waals surface area contributed by atoms with Crippen molar-refractivity contribution in [2.24, 2.45) is 5.41 Å². The van der Waals surface area contributed by atoms with Crippen molar-refractivity contribution < 1.29 is 9.90 Å². The molecule has 2 nitrogen and oxygen atoms in total. The second-order valence-electron chi connectivity index (χ2n) is 8.21. The number of aromatic hydroxyl groups is 1. The van der Waals surface area contributed by atoms with E-state index in [0.717, 1.165) is 47.3 Å². The van der Waals surface area contributed by atoms with Crippen LogP contribution in [0.15, 0.2) is 18.2 Å². The van der Waals surface area contributed by atoms with Crippen molar-refractivity contribution in [3.63, 3.8) is 0 Å². The quantitative estimate of drug-likeness (QED) is 0.527. The molecule has 0 unspecified atom stereocenters. The van der Waals surface area contributed by atoms with Crippen LogP contribution in [0.1, 0.15) is 69.6 Å². The summed E-state index contributed by atoms with van der Waals surface area (Å²) in [4.78, 5) is 15.2. The highest BCUT2D eigenvalue weighted by atomic mass is 32.1. The number of fused-ring (bicyclic) bond motifs is 1. The van der Waals surface area contributed by atoms with E-state index in [0.29, 0.717) is 11.2 Å². The van der Waals surface area contributed by atoms with Gasteiger partial charge in [0.1, 0.15) is 5.75 Å². The lowest BCUT2D eigenvalue weighted by Crippen LogP contribution is -2.22. The number of allylic oxidation sites excluding steroid dienone is 1. The summed E-state index contributed by atoms with van der Waals surface area (Å²) in [6.45, 7) is 10.6. The fraction of sp³-hybridized carbons (Fsp3) is 0.435. The maximum absolute atomic E-state index is 12.9. The average molecular weight is 369 g/mol. The van der Waals surface area contributed by atoms with Gasteiger partial charge in [-0.25, -0.2) is 0 Å². The van der Waals surface area contributed by atoms with Crippen molar-refractivity contribution in [2.45, 2.75) is 60.3 Å². The molecular formula is C23H28O2S. The Morgan fingerprint density at radius 3 is 2.50 bits per heavy atom. The maximum atomic E-state index is 12.9. The van der Waals surface area contributed by atoms with Crippen LogP contribution < -0.4 is 0 Å². The van der Waals surface area contributed by atoms with E-state index in [2.05, 4.69) is 20.8 Å². The molecule has 138 valence electrons. The molecule has 1 aliphatic carbocycles. The molecule has 0 atom stereocenters. The predicted molar refractivity (Wildman–Crippen MR) is 110 cm³/mol. The Labute approximate surface area is 160 Å². The molecule has 1 aromatic heterocycles. The van der Waals surface area contributed by atoms with Gasteiger partial charge in [-0.3, -0.25) is 4.79 Å². The van der Waals surface area contributed by atoms with Gasteiger partial charge in [0.15, 0.2) is 5.78 Å². The first-order valence-electron chi connectivity index (χ1n) is 9.38. The molecule has 2 aromatic rings. The lowest BCUT2D eigenvalue weighted by molar-refractivity contribution is 0.105. The number of aryl methyl sites for hydroxylation is 3. The third-order valence-corrected chi connectivity index (χ3v) is 6.83. The van der Waals surface area contributed by atoms with Gasteiger partial charge < -0.3 is 5.11 Å². The lowest BCUT2D eigenvalue weighted by atomic mass is 9.74. The molecule has 0 radical (unpaired) electrons. The van der Waals surface area contributed by atoms with Crippen LogP contribution in [0.4, 0.5) is 0 Å². The summed E-state index contributed by atoms with van der Waals surface area (Å²) in [5, 5.41) is 9.90.